The Morgan fingerprint density at radius 3 is 2.67 bits per heavy atom. The van der Waals surface area contributed by atoms with Crippen LogP contribution in [0.25, 0.3) is 0 Å². The summed E-state index contributed by atoms with van der Waals surface area (Å²) in [6, 6.07) is 12.1. The maximum Gasteiger partial charge on any atom is 0.0478 e. The summed E-state index contributed by atoms with van der Waals surface area (Å²) in [6.45, 7) is 2.24. The van der Waals surface area contributed by atoms with Gasteiger partial charge in [0.2, 0.25) is 0 Å². The van der Waals surface area contributed by atoms with E-state index >= 15 is 0 Å². The van der Waals surface area contributed by atoms with Gasteiger partial charge in [0, 0.05) is 12.1 Å². The number of rotatable bonds is 3. The molecule has 1 nitrogen and oxygen atoms in total. The topological polar surface area (TPSA) is 21.9 Å². The van der Waals surface area contributed by atoms with Gasteiger partial charge in [-0.05, 0) is 12.0 Å². The second-order valence-electron chi connectivity index (χ2n) is 3.45. The van der Waals surface area contributed by atoms with E-state index in [2.05, 4.69) is 42.6 Å². The molecule has 0 radical (unpaired) electrons. The Morgan fingerprint density at radius 1 is 1.25 bits per heavy atom. The Kier molecular flexibility index (Phi) is 2.13. The summed E-state index contributed by atoms with van der Waals surface area (Å²) < 4.78 is 0. The maximum atomic E-state index is 3.49. The van der Waals surface area contributed by atoms with Crippen molar-refractivity contribution in [1.82, 2.24) is 5.32 Å². The summed E-state index contributed by atoms with van der Waals surface area (Å²) in [5.74, 6) is 0. The van der Waals surface area contributed by atoms with Crippen molar-refractivity contribution in [3.8, 4) is 0 Å². The third kappa shape index (κ3) is 1.51. The summed E-state index contributed by atoms with van der Waals surface area (Å²) in [5.41, 5.74) is 1.44. The molecule has 0 bridgehead atoms. The smallest absolute Gasteiger partial charge is 0.0478 e. The van der Waals surface area contributed by atoms with Crippen LogP contribution in [0.1, 0.15) is 31.4 Å². The molecule has 2 atom stereocenters. The predicted octanol–water partition coefficient (Wildman–Crippen LogP) is 2.50. The van der Waals surface area contributed by atoms with Crippen molar-refractivity contribution >= 4 is 0 Å². The number of hydrogen-bond acceptors (Lipinski definition) is 1. The Balaban J connectivity index is 1.97. The Labute approximate surface area is 73.8 Å². The van der Waals surface area contributed by atoms with E-state index in [4.69, 9.17) is 0 Å². The van der Waals surface area contributed by atoms with E-state index in [1.54, 1.807) is 0 Å². The van der Waals surface area contributed by atoms with E-state index in [-0.39, 0.29) is 0 Å². The lowest BCUT2D eigenvalue weighted by Gasteiger charge is -1.95. The van der Waals surface area contributed by atoms with E-state index in [1.807, 2.05) is 0 Å². The molecule has 0 unspecified atom stereocenters. The molecule has 1 saturated heterocycles. The van der Waals surface area contributed by atoms with Gasteiger partial charge in [-0.15, -0.1) is 0 Å². The van der Waals surface area contributed by atoms with Crippen molar-refractivity contribution in [2.75, 3.05) is 0 Å². The van der Waals surface area contributed by atoms with E-state index in [9.17, 15) is 0 Å². The van der Waals surface area contributed by atoms with Crippen molar-refractivity contribution in [2.24, 2.45) is 0 Å². The second-order valence-corrected chi connectivity index (χ2v) is 3.45. The van der Waals surface area contributed by atoms with E-state index in [1.165, 1.54) is 18.4 Å². The van der Waals surface area contributed by atoms with Gasteiger partial charge in [-0.25, -0.2) is 0 Å². The zero-order chi connectivity index (χ0) is 8.39. The Bertz CT molecular complexity index is 242. The van der Waals surface area contributed by atoms with Gasteiger partial charge in [0.1, 0.15) is 0 Å². The van der Waals surface area contributed by atoms with E-state index in [0.717, 1.165) is 6.04 Å². The summed E-state index contributed by atoms with van der Waals surface area (Å²) >= 11 is 0. The predicted molar refractivity (Wildman–Crippen MR) is 51.0 cm³/mol. The fraction of sp³-hybridized carbons (Fsp3) is 0.455. The van der Waals surface area contributed by atoms with Crippen LogP contribution in [-0.2, 0) is 0 Å². The number of hydrogen-bond donors (Lipinski definition) is 1. The first-order chi connectivity index (χ1) is 5.92. The first kappa shape index (κ1) is 7.81. The van der Waals surface area contributed by atoms with Crippen molar-refractivity contribution < 1.29 is 0 Å². The van der Waals surface area contributed by atoms with Gasteiger partial charge in [0.25, 0.3) is 0 Å². The molecule has 1 aromatic rings. The highest BCUT2D eigenvalue weighted by molar-refractivity contribution is 5.25. The van der Waals surface area contributed by atoms with Gasteiger partial charge in [-0.1, -0.05) is 43.7 Å². The highest BCUT2D eigenvalue weighted by Gasteiger charge is 2.35. The summed E-state index contributed by atoms with van der Waals surface area (Å²) in [5, 5.41) is 3.49. The molecule has 0 aliphatic carbocycles. The molecular weight excluding hydrogens is 146 g/mol. The van der Waals surface area contributed by atoms with E-state index < -0.39 is 0 Å². The zero-order valence-electron chi connectivity index (χ0n) is 7.46. The molecule has 0 saturated carbocycles. The second kappa shape index (κ2) is 3.28. The summed E-state index contributed by atoms with van der Waals surface area (Å²) in [7, 11) is 0. The maximum absolute atomic E-state index is 3.49. The van der Waals surface area contributed by atoms with Gasteiger partial charge < -0.3 is 5.32 Å². The van der Waals surface area contributed by atoms with Crippen LogP contribution in [0.2, 0.25) is 0 Å². The quantitative estimate of drug-likeness (QED) is 0.676. The molecule has 1 heteroatoms. The molecule has 1 fully saturated rings. The highest BCUT2D eigenvalue weighted by Crippen LogP contribution is 2.31. The minimum Gasteiger partial charge on any atom is -0.304 e. The minimum absolute atomic E-state index is 0.645. The Hall–Kier alpha value is -0.820. The third-order valence-corrected chi connectivity index (χ3v) is 2.45. The fourth-order valence-electron chi connectivity index (χ4n) is 1.72. The fourth-order valence-corrected chi connectivity index (χ4v) is 1.72. The molecule has 0 amide bonds. The standard InChI is InChI=1S/C11H15N/c1-2-6-10-11(12-10)9-7-4-3-5-8-9/h3-5,7-8,10-12H,2,6H2,1H3/t10-,11-/m1/s1. The summed E-state index contributed by atoms with van der Waals surface area (Å²) in [6.07, 6.45) is 2.58. The van der Waals surface area contributed by atoms with Gasteiger partial charge in [0.15, 0.2) is 0 Å². The lowest BCUT2D eigenvalue weighted by atomic mass is 10.1. The van der Waals surface area contributed by atoms with Crippen LogP contribution in [0, 0.1) is 0 Å². The molecular formula is C11H15N. The summed E-state index contributed by atoms with van der Waals surface area (Å²) in [4.78, 5) is 0. The van der Waals surface area contributed by atoms with Gasteiger partial charge in [-0.2, -0.15) is 0 Å². The highest BCUT2D eigenvalue weighted by atomic mass is 15.1. The largest absolute Gasteiger partial charge is 0.304 e. The molecule has 1 N–H and O–H groups in total. The molecule has 1 aromatic carbocycles. The van der Waals surface area contributed by atoms with Crippen molar-refractivity contribution in [3.05, 3.63) is 35.9 Å². The first-order valence-corrected chi connectivity index (χ1v) is 4.73. The van der Waals surface area contributed by atoms with Crippen LogP contribution in [0.15, 0.2) is 30.3 Å². The molecule has 12 heavy (non-hydrogen) atoms. The van der Waals surface area contributed by atoms with Crippen molar-refractivity contribution in [1.29, 1.82) is 0 Å². The van der Waals surface area contributed by atoms with Gasteiger partial charge >= 0.3 is 0 Å². The van der Waals surface area contributed by atoms with Gasteiger partial charge in [-0.3, -0.25) is 0 Å². The molecule has 0 aromatic heterocycles. The van der Waals surface area contributed by atoms with Gasteiger partial charge in [0.05, 0.1) is 0 Å². The lowest BCUT2D eigenvalue weighted by molar-refractivity contribution is 0.762. The molecule has 1 aliphatic rings. The molecule has 2 rings (SSSR count). The number of nitrogens with one attached hydrogen (secondary N) is 1. The first-order valence-electron chi connectivity index (χ1n) is 4.73. The SMILES string of the molecule is CCC[C@H]1N[C@@H]1c1ccccc1. The molecule has 1 heterocycles. The monoisotopic (exact) mass is 161 g/mol. The molecule has 0 spiro atoms. The average molecular weight is 161 g/mol. The van der Waals surface area contributed by atoms with Crippen molar-refractivity contribution in [2.45, 2.75) is 31.8 Å². The van der Waals surface area contributed by atoms with Crippen LogP contribution in [0.5, 0.6) is 0 Å². The van der Waals surface area contributed by atoms with E-state index in [0.29, 0.717) is 6.04 Å². The van der Waals surface area contributed by atoms with Crippen LogP contribution >= 0.6 is 0 Å². The van der Waals surface area contributed by atoms with Crippen molar-refractivity contribution in [3.63, 3.8) is 0 Å². The van der Waals surface area contributed by atoms with Crippen LogP contribution in [0.4, 0.5) is 0 Å². The van der Waals surface area contributed by atoms with Crippen LogP contribution in [0.3, 0.4) is 0 Å². The molecule has 1 aliphatic heterocycles. The number of benzene rings is 1. The van der Waals surface area contributed by atoms with Crippen LogP contribution in [-0.4, -0.2) is 6.04 Å². The minimum atomic E-state index is 0.645. The normalized spacial score (nSPS) is 27.1. The third-order valence-electron chi connectivity index (χ3n) is 2.45. The van der Waals surface area contributed by atoms with Crippen LogP contribution < -0.4 is 5.32 Å². The zero-order valence-corrected chi connectivity index (χ0v) is 7.46. The lowest BCUT2D eigenvalue weighted by Crippen LogP contribution is -1.87. The average Bonchev–Trinajstić information content (AvgIpc) is 2.87. The molecule has 64 valence electrons. The Morgan fingerprint density at radius 2 is 2.00 bits per heavy atom.